The quantitative estimate of drug-likeness (QED) is 0.710. The lowest BCUT2D eigenvalue weighted by molar-refractivity contribution is -0.142. The van der Waals surface area contributed by atoms with Crippen molar-refractivity contribution in [2.45, 2.75) is 13.3 Å². The molecule has 0 saturated carbocycles. The minimum absolute atomic E-state index is 0.165. The Bertz CT molecular complexity index is 365. The molecule has 1 aromatic rings. The Hall–Kier alpha value is -1.71. The number of carbonyl (C=O) groups is 1. The highest BCUT2D eigenvalue weighted by Crippen LogP contribution is 2.19. The fourth-order valence-electron chi connectivity index (χ4n) is 1.47. The lowest BCUT2D eigenvalue weighted by atomic mass is 10.2. The van der Waals surface area contributed by atoms with E-state index in [9.17, 15) is 4.79 Å². The van der Waals surface area contributed by atoms with Gasteiger partial charge in [0, 0.05) is 25.3 Å². The summed E-state index contributed by atoms with van der Waals surface area (Å²) in [5.74, 6) is 0.646. The summed E-state index contributed by atoms with van der Waals surface area (Å²) < 4.78 is 10.0. The lowest BCUT2D eigenvalue weighted by Gasteiger charge is -2.19. The maximum absolute atomic E-state index is 11.2. The first-order chi connectivity index (χ1) is 8.17. The van der Waals surface area contributed by atoms with Crippen LogP contribution in [0.25, 0.3) is 0 Å². The number of nitrogens with zero attached hydrogens (tertiary/aromatic N) is 1. The van der Waals surface area contributed by atoms with Gasteiger partial charge in [0.25, 0.3) is 0 Å². The van der Waals surface area contributed by atoms with Gasteiger partial charge in [-0.25, -0.2) is 0 Å². The van der Waals surface area contributed by atoms with Crippen LogP contribution in [0.5, 0.6) is 5.75 Å². The summed E-state index contributed by atoms with van der Waals surface area (Å²) in [7, 11) is 3.58. The van der Waals surface area contributed by atoms with E-state index in [1.807, 2.05) is 43.1 Å². The zero-order valence-corrected chi connectivity index (χ0v) is 10.6. The molecule has 0 N–H and O–H groups in total. The van der Waals surface area contributed by atoms with Crippen LogP contribution in [0, 0.1) is 0 Å². The maximum Gasteiger partial charge on any atom is 0.307 e. The van der Waals surface area contributed by atoms with Crippen LogP contribution in [0.2, 0.25) is 0 Å². The van der Waals surface area contributed by atoms with Crippen molar-refractivity contribution in [1.29, 1.82) is 0 Å². The molecule has 0 unspecified atom stereocenters. The molecule has 0 bridgehead atoms. The standard InChI is InChI=1S/C13H19NO3/c1-4-17-13(15)8-9-14(2)11-6-5-7-12(10-11)16-3/h5-7,10H,4,8-9H2,1-3H3. The normalized spacial score (nSPS) is 9.82. The first-order valence-electron chi connectivity index (χ1n) is 5.68. The molecule has 4 nitrogen and oxygen atoms in total. The number of methoxy groups -OCH3 is 1. The average Bonchev–Trinajstić information content (AvgIpc) is 2.36. The Kier molecular flexibility index (Phi) is 5.33. The lowest BCUT2D eigenvalue weighted by Crippen LogP contribution is -2.21. The van der Waals surface area contributed by atoms with Crippen molar-refractivity contribution in [3.63, 3.8) is 0 Å². The Labute approximate surface area is 102 Å². The smallest absolute Gasteiger partial charge is 0.307 e. The molecule has 1 aromatic carbocycles. The van der Waals surface area contributed by atoms with Crippen molar-refractivity contribution >= 4 is 11.7 Å². The van der Waals surface area contributed by atoms with Crippen molar-refractivity contribution in [1.82, 2.24) is 0 Å². The van der Waals surface area contributed by atoms with Gasteiger partial charge in [-0.3, -0.25) is 4.79 Å². The van der Waals surface area contributed by atoms with E-state index in [1.165, 1.54) is 0 Å². The van der Waals surface area contributed by atoms with Gasteiger partial charge in [0.15, 0.2) is 0 Å². The van der Waals surface area contributed by atoms with E-state index in [2.05, 4.69) is 0 Å². The van der Waals surface area contributed by atoms with Gasteiger partial charge in [-0.05, 0) is 19.1 Å². The molecule has 0 aliphatic rings. The molecule has 0 fully saturated rings. The third-order valence-corrected chi connectivity index (χ3v) is 2.45. The van der Waals surface area contributed by atoms with Crippen molar-refractivity contribution in [2.75, 3.05) is 32.2 Å². The Balaban J connectivity index is 2.51. The number of esters is 1. The number of carbonyl (C=O) groups excluding carboxylic acids is 1. The van der Waals surface area contributed by atoms with Crippen LogP contribution in [-0.4, -0.2) is 33.3 Å². The van der Waals surface area contributed by atoms with Crippen LogP contribution >= 0.6 is 0 Å². The van der Waals surface area contributed by atoms with Crippen LogP contribution < -0.4 is 9.64 Å². The van der Waals surface area contributed by atoms with Crippen molar-refractivity contribution in [2.24, 2.45) is 0 Å². The zero-order valence-electron chi connectivity index (χ0n) is 10.6. The summed E-state index contributed by atoms with van der Waals surface area (Å²) in [5.41, 5.74) is 1.02. The van der Waals surface area contributed by atoms with Crippen LogP contribution in [0.1, 0.15) is 13.3 Å². The highest BCUT2D eigenvalue weighted by atomic mass is 16.5. The molecule has 0 atom stereocenters. The monoisotopic (exact) mass is 237 g/mol. The largest absolute Gasteiger partial charge is 0.497 e. The molecule has 0 aromatic heterocycles. The van der Waals surface area contributed by atoms with Gasteiger partial charge in [-0.1, -0.05) is 6.07 Å². The maximum atomic E-state index is 11.2. The topological polar surface area (TPSA) is 38.8 Å². The van der Waals surface area contributed by atoms with Gasteiger partial charge in [-0.2, -0.15) is 0 Å². The van der Waals surface area contributed by atoms with Crippen molar-refractivity contribution < 1.29 is 14.3 Å². The second-order valence-corrected chi connectivity index (χ2v) is 3.68. The fourth-order valence-corrected chi connectivity index (χ4v) is 1.47. The van der Waals surface area contributed by atoms with E-state index in [-0.39, 0.29) is 5.97 Å². The van der Waals surface area contributed by atoms with Gasteiger partial charge in [0.05, 0.1) is 20.1 Å². The molecular formula is C13H19NO3. The van der Waals surface area contributed by atoms with Crippen LogP contribution in [0.4, 0.5) is 5.69 Å². The van der Waals surface area contributed by atoms with E-state index in [4.69, 9.17) is 9.47 Å². The minimum Gasteiger partial charge on any atom is -0.497 e. The highest BCUT2D eigenvalue weighted by molar-refractivity contribution is 5.70. The van der Waals surface area contributed by atoms with Gasteiger partial charge in [0.1, 0.15) is 5.75 Å². The molecule has 1 rings (SSSR count). The average molecular weight is 237 g/mol. The van der Waals surface area contributed by atoms with Gasteiger partial charge < -0.3 is 14.4 Å². The highest BCUT2D eigenvalue weighted by Gasteiger charge is 2.06. The Morgan fingerprint density at radius 2 is 2.18 bits per heavy atom. The Morgan fingerprint density at radius 3 is 2.82 bits per heavy atom. The number of hydrogen-bond donors (Lipinski definition) is 0. The summed E-state index contributed by atoms with van der Waals surface area (Å²) in [6, 6.07) is 7.73. The molecule has 4 heteroatoms. The molecular weight excluding hydrogens is 218 g/mol. The molecule has 0 aliphatic heterocycles. The van der Waals surface area contributed by atoms with Crippen molar-refractivity contribution in [3.05, 3.63) is 24.3 Å². The van der Waals surface area contributed by atoms with E-state index in [0.717, 1.165) is 11.4 Å². The van der Waals surface area contributed by atoms with E-state index < -0.39 is 0 Å². The minimum atomic E-state index is -0.165. The fraction of sp³-hybridized carbons (Fsp3) is 0.462. The zero-order chi connectivity index (χ0) is 12.7. The molecule has 0 amide bonds. The Morgan fingerprint density at radius 1 is 1.41 bits per heavy atom. The first kappa shape index (κ1) is 13.4. The number of rotatable bonds is 6. The molecule has 0 heterocycles. The number of benzene rings is 1. The first-order valence-corrected chi connectivity index (χ1v) is 5.68. The van der Waals surface area contributed by atoms with E-state index >= 15 is 0 Å². The summed E-state index contributed by atoms with van der Waals surface area (Å²) in [4.78, 5) is 13.2. The summed E-state index contributed by atoms with van der Waals surface area (Å²) >= 11 is 0. The molecule has 0 saturated heterocycles. The second-order valence-electron chi connectivity index (χ2n) is 3.68. The van der Waals surface area contributed by atoms with Crippen LogP contribution in [0.3, 0.4) is 0 Å². The van der Waals surface area contributed by atoms with E-state index in [0.29, 0.717) is 19.6 Å². The number of hydrogen-bond acceptors (Lipinski definition) is 4. The van der Waals surface area contributed by atoms with Crippen molar-refractivity contribution in [3.8, 4) is 5.75 Å². The number of ether oxygens (including phenoxy) is 2. The van der Waals surface area contributed by atoms with E-state index in [1.54, 1.807) is 7.11 Å². The SMILES string of the molecule is CCOC(=O)CCN(C)c1cccc(OC)c1. The molecule has 0 aliphatic carbocycles. The summed E-state index contributed by atoms with van der Waals surface area (Å²) in [6.07, 6.45) is 0.390. The molecule has 0 spiro atoms. The van der Waals surface area contributed by atoms with Crippen LogP contribution in [0.15, 0.2) is 24.3 Å². The molecule has 94 valence electrons. The van der Waals surface area contributed by atoms with Gasteiger partial charge in [0.2, 0.25) is 0 Å². The summed E-state index contributed by atoms with van der Waals surface area (Å²) in [6.45, 7) is 2.87. The summed E-state index contributed by atoms with van der Waals surface area (Å²) in [5, 5.41) is 0. The van der Waals surface area contributed by atoms with Gasteiger partial charge in [-0.15, -0.1) is 0 Å². The third kappa shape index (κ3) is 4.34. The van der Waals surface area contributed by atoms with Gasteiger partial charge >= 0.3 is 5.97 Å². The number of anilines is 1. The van der Waals surface area contributed by atoms with Crippen LogP contribution in [-0.2, 0) is 9.53 Å². The second kappa shape index (κ2) is 6.78. The predicted molar refractivity (Wildman–Crippen MR) is 67.5 cm³/mol. The molecule has 0 radical (unpaired) electrons. The predicted octanol–water partition coefficient (Wildman–Crippen LogP) is 2.08. The third-order valence-electron chi connectivity index (χ3n) is 2.45. The molecule has 17 heavy (non-hydrogen) atoms.